The minimum atomic E-state index is -3.77. The molecule has 3 heterocycles. The minimum absolute atomic E-state index is 0.205. The molecule has 0 radical (unpaired) electrons. The van der Waals surface area contributed by atoms with Crippen LogP contribution in [0.25, 0.3) is 11.2 Å². The maximum absolute atomic E-state index is 13.4. The van der Waals surface area contributed by atoms with E-state index in [2.05, 4.69) is 15.3 Å². The van der Waals surface area contributed by atoms with Crippen LogP contribution >= 0.6 is 0 Å². The van der Waals surface area contributed by atoms with Gasteiger partial charge in [0, 0.05) is 25.7 Å². The number of hydrogen-bond acceptors (Lipinski definition) is 9. The summed E-state index contributed by atoms with van der Waals surface area (Å²) in [7, 11) is -3.77. The predicted molar refractivity (Wildman–Crippen MR) is 138 cm³/mol. The number of oxazole rings is 1. The molecule has 38 heavy (non-hydrogen) atoms. The van der Waals surface area contributed by atoms with E-state index in [-0.39, 0.29) is 36.0 Å². The van der Waals surface area contributed by atoms with Crippen molar-refractivity contribution in [1.29, 1.82) is 0 Å². The van der Waals surface area contributed by atoms with Gasteiger partial charge in [-0.15, -0.1) is 0 Å². The van der Waals surface area contributed by atoms with E-state index in [4.69, 9.17) is 9.15 Å². The number of rotatable bonds is 11. The zero-order chi connectivity index (χ0) is 27.1. The Morgan fingerprint density at radius 1 is 1.08 bits per heavy atom. The Balaban J connectivity index is 1.51. The summed E-state index contributed by atoms with van der Waals surface area (Å²) in [5, 5.41) is 2.64. The Labute approximate surface area is 220 Å². The fourth-order valence-corrected chi connectivity index (χ4v) is 5.94. The van der Waals surface area contributed by atoms with Gasteiger partial charge in [0.1, 0.15) is 0 Å². The fourth-order valence-electron chi connectivity index (χ4n) is 4.24. The highest BCUT2D eigenvalue weighted by atomic mass is 32.2. The summed E-state index contributed by atoms with van der Waals surface area (Å²) in [4.78, 5) is 49.1. The first-order valence-corrected chi connectivity index (χ1v) is 14.2. The van der Waals surface area contributed by atoms with E-state index in [9.17, 15) is 22.8 Å². The van der Waals surface area contributed by atoms with Crippen LogP contribution in [0, 0.1) is 5.92 Å². The quantitative estimate of drug-likeness (QED) is 0.358. The van der Waals surface area contributed by atoms with Crippen molar-refractivity contribution < 1.29 is 32.0 Å². The lowest BCUT2D eigenvalue weighted by molar-refractivity contribution is -0.139. The summed E-state index contributed by atoms with van der Waals surface area (Å²) in [6, 6.07) is 10.9. The highest BCUT2D eigenvalue weighted by molar-refractivity contribution is 7.90. The SMILES string of the molecule is CCC(NC(=O)C(CC(=O)N1CCOCC1)CS(=O)(=O)Cc1ccccc1)C(=O)c1nc2ncccc2o1. The second-order valence-electron chi connectivity index (χ2n) is 9.11. The smallest absolute Gasteiger partial charge is 0.268 e. The molecule has 0 spiro atoms. The maximum Gasteiger partial charge on any atom is 0.268 e. The van der Waals surface area contributed by atoms with E-state index in [0.717, 1.165) is 0 Å². The number of morpholine rings is 1. The van der Waals surface area contributed by atoms with Crippen LogP contribution < -0.4 is 5.32 Å². The molecule has 0 aliphatic carbocycles. The van der Waals surface area contributed by atoms with Gasteiger partial charge in [0.25, 0.3) is 5.89 Å². The van der Waals surface area contributed by atoms with Gasteiger partial charge in [-0.05, 0) is 24.1 Å². The van der Waals surface area contributed by atoms with Gasteiger partial charge in [0.2, 0.25) is 17.6 Å². The van der Waals surface area contributed by atoms with Gasteiger partial charge in [0.05, 0.1) is 36.7 Å². The summed E-state index contributed by atoms with van der Waals surface area (Å²) in [6.07, 6.45) is 1.42. The van der Waals surface area contributed by atoms with Crippen molar-refractivity contribution in [3.63, 3.8) is 0 Å². The van der Waals surface area contributed by atoms with Crippen LogP contribution in [0.2, 0.25) is 0 Å². The molecule has 1 aromatic carbocycles. The lowest BCUT2D eigenvalue weighted by Gasteiger charge is -2.28. The first kappa shape index (κ1) is 27.4. The summed E-state index contributed by atoms with van der Waals surface area (Å²) in [5.41, 5.74) is 1.17. The van der Waals surface area contributed by atoms with Gasteiger partial charge in [-0.1, -0.05) is 37.3 Å². The first-order chi connectivity index (χ1) is 18.3. The summed E-state index contributed by atoms with van der Waals surface area (Å²) < 4.78 is 36.9. The Morgan fingerprint density at radius 3 is 2.50 bits per heavy atom. The molecular formula is C26H30N4O7S. The number of Topliss-reactive ketones (excluding diaryl/α,β-unsaturated/α-hetero) is 1. The fraction of sp³-hybridized carbons (Fsp3) is 0.423. The molecule has 12 heteroatoms. The first-order valence-electron chi connectivity index (χ1n) is 12.4. The van der Waals surface area contributed by atoms with Crippen LogP contribution in [-0.4, -0.2) is 79.0 Å². The Kier molecular flexibility index (Phi) is 8.85. The van der Waals surface area contributed by atoms with Crippen LogP contribution in [0.5, 0.6) is 0 Å². The third kappa shape index (κ3) is 7.01. The molecule has 4 rings (SSSR count). The zero-order valence-corrected chi connectivity index (χ0v) is 21.9. The Bertz CT molecular complexity index is 1350. The lowest BCUT2D eigenvalue weighted by Crippen LogP contribution is -2.47. The molecular weight excluding hydrogens is 512 g/mol. The van der Waals surface area contributed by atoms with Gasteiger partial charge >= 0.3 is 0 Å². The van der Waals surface area contributed by atoms with Crippen LogP contribution in [-0.2, 0) is 29.9 Å². The van der Waals surface area contributed by atoms with Crippen molar-refractivity contribution in [2.75, 3.05) is 32.1 Å². The minimum Gasteiger partial charge on any atom is -0.432 e. The topological polar surface area (TPSA) is 149 Å². The van der Waals surface area contributed by atoms with E-state index in [1.807, 2.05) is 0 Å². The van der Waals surface area contributed by atoms with E-state index >= 15 is 0 Å². The molecule has 1 aliphatic rings. The van der Waals surface area contributed by atoms with E-state index in [1.165, 1.54) is 6.20 Å². The average molecular weight is 543 g/mol. The number of fused-ring (bicyclic) bond motifs is 1. The molecule has 2 aromatic heterocycles. The van der Waals surface area contributed by atoms with E-state index < -0.39 is 39.2 Å². The molecule has 1 saturated heterocycles. The molecule has 11 nitrogen and oxygen atoms in total. The summed E-state index contributed by atoms with van der Waals surface area (Å²) >= 11 is 0. The van der Waals surface area contributed by atoms with E-state index in [1.54, 1.807) is 54.3 Å². The monoisotopic (exact) mass is 542 g/mol. The number of carbonyl (C=O) groups is 3. The number of ether oxygens (including phenoxy) is 1. The van der Waals surface area contributed by atoms with Crippen molar-refractivity contribution in [3.05, 3.63) is 60.1 Å². The van der Waals surface area contributed by atoms with Crippen LogP contribution in [0.4, 0.5) is 0 Å². The lowest BCUT2D eigenvalue weighted by atomic mass is 10.0. The molecule has 0 bridgehead atoms. The Morgan fingerprint density at radius 2 is 1.82 bits per heavy atom. The third-order valence-corrected chi connectivity index (χ3v) is 7.94. The number of sulfone groups is 1. The van der Waals surface area contributed by atoms with Gasteiger partial charge in [-0.25, -0.2) is 13.4 Å². The van der Waals surface area contributed by atoms with Gasteiger partial charge in [-0.3, -0.25) is 14.4 Å². The van der Waals surface area contributed by atoms with Crippen molar-refractivity contribution in [1.82, 2.24) is 20.2 Å². The highest BCUT2D eigenvalue weighted by Gasteiger charge is 2.33. The van der Waals surface area contributed by atoms with Crippen molar-refractivity contribution in [2.24, 2.45) is 5.92 Å². The number of amides is 2. The number of nitrogens with zero attached hydrogens (tertiary/aromatic N) is 3. The molecule has 0 saturated carbocycles. The molecule has 2 unspecified atom stereocenters. The molecule has 2 atom stereocenters. The Hall–Kier alpha value is -3.64. The number of benzene rings is 1. The van der Waals surface area contributed by atoms with Crippen LogP contribution in [0.15, 0.2) is 53.1 Å². The van der Waals surface area contributed by atoms with Crippen molar-refractivity contribution in [2.45, 2.75) is 31.6 Å². The molecule has 1 aliphatic heterocycles. The van der Waals surface area contributed by atoms with E-state index in [0.29, 0.717) is 37.4 Å². The largest absolute Gasteiger partial charge is 0.432 e. The number of hydrogen-bond donors (Lipinski definition) is 1. The average Bonchev–Trinajstić information content (AvgIpc) is 3.36. The molecule has 1 fully saturated rings. The second-order valence-corrected chi connectivity index (χ2v) is 11.2. The van der Waals surface area contributed by atoms with Crippen molar-refractivity contribution in [3.8, 4) is 0 Å². The number of carbonyl (C=O) groups excluding carboxylic acids is 3. The number of nitrogens with one attached hydrogen (secondary N) is 1. The van der Waals surface area contributed by atoms with Crippen LogP contribution in [0.1, 0.15) is 36.0 Å². The molecule has 3 aromatic rings. The van der Waals surface area contributed by atoms with Gasteiger partial charge in [-0.2, -0.15) is 4.98 Å². The normalized spacial score (nSPS) is 15.7. The molecule has 1 N–H and O–H groups in total. The molecule has 202 valence electrons. The highest BCUT2D eigenvalue weighted by Crippen LogP contribution is 2.18. The van der Waals surface area contributed by atoms with Crippen molar-refractivity contribution >= 4 is 38.7 Å². The summed E-state index contributed by atoms with van der Waals surface area (Å²) in [6.45, 7) is 3.18. The predicted octanol–water partition coefficient (Wildman–Crippen LogP) is 1.78. The third-order valence-electron chi connectivity index (χ3n) is 6.26. The van der Waals surface area contributed by atoms with Crippen LogP contribution in [0.3, 0.4) is 0 Å². The second kappa shape index (κ2) is 12.3. The maximum atomic E-state index is 13.4. The summed E-state index contributed by atoms with van der Waals surface area (Å²) in [5.74, 6) is -3.80. The molecule has 2 amide bonds. The number of ketones is 1. The zero-order valence-electron chi connectivity index (χ0n) is 21.0. The van der Waals surface area contributed by atoms with Gasteiger partial charge < -0.3 is 19.4 Å². The number of aromatic nitrogens is 2. The standard InChI is InChI=1S/C26H30N4O7S/c1-2-20(23(32)26-29-24-21(37-26)9-6-10-27-24)28-25(33)19(15-22(31)30-11-13-36-14-12-30)17-38(34,35)16-18-7-4-3-5-8-18/h3-10,19-20H,2,11-17H2,1H3,(H,28,33). The van der Waals surface area contributed by atoms with Gasteiger partial charge in [0.15, 0.2) is 21.1 Å². The number of pyridine rings is 1.